The zero-order valence-corrected chi connectivity index (χ0v) is 14.7. The van der Waals surface area contributed by atoms with Crippen LogP contribution in [-0.4, -0.2) is 25.9 Å². The van der Waals surface area contributed by atoms with Gasteiger partial charge in [-0.2, -0.15) is 0 Å². The van der Waals surface area contributed by atoms with Gasteiger partial charge in [-0.3, -0.25) is 14.1 Å². The number of benzene rings is 2. The van der Waals surface area contributed by atoms with Gasteiger partial charge in [0.25, 0.3) is 10.0 Å². The maximum Gasteiger partial charge on any atom is 0.265 e. The van der Waals surface area contributed by atoms with Gasteiger partial charge >= 0.3 is 0 Å². The van der Waals surface area contributed by atoms with Crippen LogP contribution in [0.5, 0.6) is 0 Å². The first-order valence-corrected chi connectivity index (χ1v) is 9.76. The lowest BCUT2D eigenvalue weighted by Gasteiger charge is -2.18. The summed E-state index contributed by atoms with van der Waals surface area (Å²) in [6.45, 7) is 0.261. The number of hydrogen-bond acceptors (Lipinski definition) is 4. The molecule has 7 heteroatoms. The van der Waals surface area contributed by atoms with Crippen LogP contribution in [0, 0.1) is 0 Å². The van der Waals surface area contributed by atoms with Crippen LogP contribution < -0.4 is 9.62 Å². The van der Waals surface area contributed by atoms with E-state index in [1.165, 1.54) is 4.31 Å². The molecule has 26 heavy (non-hydrogen) atoms. The first kappa shape index (κ1) is 16.5. The van der Waals surface area contributed by atoms with Crippen molar-refractivity contribution in [3.05, 3.63) is 60.9 Å². The number of sulfonamides is 1. The van der Waals surface area contributed by atoms with E-state index in [1.54, 1.807) is 36.7 Å². The molecule has 0 saturated heterocycles. The minimum Gasteiger partial charge on any atom is -0.325 e. The highest BCUT2D eigenvalue weighted by molar-refractivity contribution is 7.93. The highest BCUT2D eigenvalue weighted by Crippen LogP contribution is 2.41. The van der Waals surface area contributed by atoms with E-state index in [4.69, 9.17) is 0 Å². The summed E-state index contributed by atoms with van der Waals surface area (Å²) in [5, 5.41) is 4.42. The highest BCUT2D eigenvalue weighted by atomic mass is 32.2. The third kappa shape index (κ3) is 2.80. The fourth-order valence-electron chi connectivity index (χ4n) is 3.24. The van der Waals surface area contributed by atoms with Crippen molar-refractivity contribution in [2.24, 2.45) is 0 Å². The van der Waals surface area contributed by atoms with Crippen LogP contribution in [0.25, 0.3) is 10.8 Å². The Bertz CT molecular complexity index is 1080. The zero-order valence-electron chi connectivity index (χ0n) is 13.9. The molecule has 6 nitrogen and oxygen atoms in total. The summed E-state index contributed by atoms with van der Waals surface area (Å²) in [7, 11) is -3.56. The Kier molecular flexibility index (Phi) is 4.08. The van der Waals surface area contributed by atoms with E-state index in [9.17, 15) is 13.2 Å². The summed E-state index contributed by atoms with van der Waals surface area (Å²) in [5.74, 6) is -0.162. The monoisotopic (exact) mass is 367 g/mol. The Morgan fingerprint density at radius 1 is 1.08 bits per heavy atom. The summed E-state index contributed by atoms with van der Waals surface area (Å²) in [6.07, 6.45) is 3.86. The molecule has 2 aromatic carbocycles. The predicted octanol–water partition coefficient (Wildman–Crippen LogP) is 3.16. The molecule has 1 aliphatic heterocycles. The quantitative estimate of drug-likeness (QED) is 0.751. The number of rotatable bonds is 5. The van der Waals surface area contributed by atoms with Gasteiger partial charge in [-0.05, 0) is 36.1 Å². The van der Waals surface area contributed by atoms with Crippen LogP contribution in [-0.2, 0) is 14.8 Å². The molecule has 3 aromatic rings. The number of pyridine rings is 1. The first-order valence-electron chi connectivity index (χ1n) is 8.32. The van der Waals surface area contributed by atoms with E-state index in [2.05, 4.69) is 10.3 Å². The second-order valence-electron chi connectivity index (χ2n) is 6.10. The molecule has 4 rings (SSSR count). The standard InChI is InChI=1S/C19H17N3O3S/c23-18(21-15-7-3-11-20-13-15)10-4-12-22-16-8-1-5-14-6-2-9-17(19(14)16)26(22,24)25/h1-3,5-9,11,13H,4,10,12H2,(H,21,23). The van der Waals surface area contributed by atoms with Crippen molar-refractivity contribution >= 4 is 38.1 Å². The van der Waals surface area contributed by atoms with Crippen molar-refractivity contribution in [1.82, 2.24) is 4.98 Å². The molecule has 0 spiro atoms. The van der Waals surface area contributed by atoms with Crippen molar-refractivity contribution in [3.63, 3.8) is 0 Å². The van der Waals surface area contributed by atoms with Gasteiger partial charge < -0.3 is 5.32 Å². The minimum atomic E-state index is -3.56. The SMILES string of the molecule is O=C(CCCN1c2cccc3cccc(c23)S1(=O)=O)Nc1cccnc1. The van der Waals surface area contributed by atoms with Crippen molar-refractivity contribution in [1.29, 1.82) is 0 Å². The predicted molar refractivity (Wildman–Crippen MR) is 101 cm³/mol. The second-order valence-corrected chi connectivity index (χ2v) is 7.93. The summed E-state index contributed by atoms with van der Waals surface area (Å²) in [5.41, 5.74) is 1.31. The van der Waals surface area contributed by atoms with Crippen molar-refractivity contribution in [2.45, 2.75) is 17.7 Å². The van der Waals surface area contributed by atoms with Gasteiger partial charge in [0.2, 0.25) is 5.91 Å². The van der Waals surface area contributed by atoms with Crippen LogP contribution >= 0.6 is 0 Å². The maximum absolute atomic E-state index is 12.8. The molecule has 0 fully saturated rings. The van der Waals surface area contributed by atoms with Gasteiger partial charge in [0.15, 0.2) is 0 Å². The first-order chi connectivity index (χ1) is 12.6. The summed E-state index contributed by atoms with van der Waals surface area (Å²) in [4.78, 5) is 16.3. The maximum atomic E-state index is 12.8. The molecule has 132 valence electrons. The normalized spacial score (nSPS) is 14.5. The second kappa shape index (κ2) is 6.42. The largest absolute Gasteiger partial charge is 0.325 e. The topological polar surface area (TPSA) is 79.4 Å². The minimum absolute atomic E-state index is 0.162. The van der Waals surface area contributed by atoms with Gasteiger partial charge in [0.05, 0.1) is 22.5 Å². The molecule has 0 unspecified atom stereocenters. The molecule has 0 aliphatic carbocycles. The molecule has 1 N–H and O–H groups in total. The van der Waals surface area contributed by atoms with Gasteiger partial charge in [0, 0.05) is 24.5 Å². The lowest BCUT2D eigenvalue weighted by atomic mass is 10.1. The van der Waals surface area contributed by atoms with E-state index in [0.29, 0.717) is 22.7 Å². The third-order valence-electron chi connectivity index (χ3n) is 4.39. The van der Waals surface area contributed by atoms with E-state index in [-0.39, 0.29) is 18.9 Å². The van der Waals surface area contributed by atoms with E-state index >= 15 is 0 Å². The average molecular weight is 367 g/mol. The van der Waals surface area contributed by atoms with E-state index in [1.807, 2.05) is 24.3 Å². The van der Waals surface area contributed by atoms with Gasteiger partial charge in [-0.1, -0.05) is 24.3 Å². The fourth-order valence-corrected chi connectivity index (χ4v) is 4.99. The van der Waals surface area contributed by atoms with Gasteiger partial charge in [-0.25, -0.2) is 8.42 Å². The van der Waals surface area contributed by atoms with Crippen LogP contribution in [0.4, 0.5) is 11.4 Å². The van der Waals surface area contributed by atoms with E-state index < -0.39 is 10.0 Å². The Balaban J connectivity index is 1.48. The Labute approximate surface area is 151 Å². The van der Waals surface area contributed by atoms with E-state index in [0.717, 1.165) is 10.8 Å². The molecular weight excluding hydrogens is 350 g/mol. The van der Waals surface area contributed by atoms with Crippen LogP contribution in [0.2, 0.25) is 0 Å². The number of carbonyl (C=O) groups excluding carboxylic acids is 1. The molecule has 0 atom stereocenters. The summed E-state index contributed by atoms with van der Waals surface area (Å²) >= 11 is 0. The summed E-state index contributed by atoms with van der Waals surface area (Å²) < 4.78 is 27.1. The number of amides is 1. The number of nitrogens with zero attached hydrogens (tertiary/aromatic N) is 2. The number of nitrogens with one attached hydrogen (secondary N) is 1. The summed E-state index contributed by atoms with van der Waals surface area (Å²) in [6, 6.07) is 14.4. The van der Waals surface area contributed by atoms with Crippen LogP contribution in [0.1, 0.15) is 12.8 Å². The van der Waals surface area contributed by atoms with Crippen molar-refractivity contribution in [3.8, 4) is 0 Å². The third-order valence-corrected chi connectivity index (χ3v) is 6.25. The molecule has 0 radical (unpaired) electrons. The molecule has 1 aromatic heterocycles. The lowest BCUT2D eigenvalue weighted by Crippen LogP contribution is -2.28. The van der Waals surface area contributed by atoms with Crippen molar-refractivity contribution in [2.75, 3.05) is 16.2 Å². The zero-order chi connectivity index (χ0) is 18.1. The number of anilines is 2. The van der Waals surface area contributed by atoms with Crippen molar-refractivity contribution < 1.29 is 13.2 Å². The Morgan fingerprint density at radius 2 is 1.88 bits per heavy atom. The molecule has 1 amide bonds. The molecule has 0 saturated carbocycles. The van der Waals surface area contributed by atoms with Gasteiger partial charge in [-0.15, -0.1) is 0 Å². The number of carbonyl (C=O) groups is 1. The number of aromatic nitrogens is 1. The molecular formula is C19H17N3O3S. The fraction of sp³-hybridized carbons (Fsp3) is 0.158. The Morgan fingerprint density at radius 3 is 2.65 bits per heavy atom. The highest BCUT2D eigenvalue weighted by Gasteiger charge is 2.34. The molecule has 0 bridgehead atoms. The van der Waals surface area contributed by atoms with Crippen LogP contribution in [0.3, 0.4) is 0 Å². The van der Waals surface area contributed by atoms with Crippen LogP contribution in [0.15, 0.2) is 65.8 Å². The molecule has 1 aliphatic rings. The average Bonchev–Trinajstić information content (AvgIpc) is 2.86. The Hall–Kier alpha value is -2.93. The smallest absolute Gasteiger partial charge is 0.265 e. The molecule has 2 heterocycles. The van der Waals surface area contributed by atoms with Gasteiger partial charge in [0.1, 0.15) is 0 Å². The lowest BCUT2D eigenvalue weighted by molar-refractivity contribution is -0.116. The number of hydrogen-bond donors (Lipinski definition) is 1.